The second-order valence-electron chi connectivity index (χ2n) is 6.61. The first-order valence-electron chi connectivity index (χ1n) is 8.73. The predicted molar refractivity (Wildman–Crippen MR) is 105 cm³/mol. The third kappa shape index (κ3) is 3.13. The second-order valence-corrected chi connectivity index (χ2v) is 7.52. The molecule has 2 heterocycles. The lowest BCUT2D eigenvalue weighted by atomic mass is 9.93. The fourth-order valence-electron chi connectivity index (χ4n) is 3.91. The van der Waals surface area contributed by atoms with Gasteiger partial charge in [0.05, 0.1) is 11.6 Å². The lowest BCUT2D eigenvalue weighted by molar-refractivity contribution is -0.142. The Labute approximate surface area is 160 Å². The van der Waals surface area contributed by atoms with E-state index < -0.39 is 12.0 Å². The maximum atomic E-state index is 11.8. The number of likely N-dealkylation sites (tertiary alicyclic amines) is 1. The van der Waals surface area contributed by atoms with E-state index in [-0.39, 0.29) is 6.04 Å². The van der Waals surface area contributed by atoms with Crippen LogP contribution in [0.4, 0.5) is 0 Å². The molecule has 132 valence electrons. The zero-order valence-electron chi connectivity index (χ0n) is 14.2. The van der Waals surface area contributed by atoms with E-state index in [4.69, 9.17) is 0 Å². The number of para-hydroxylation sites is 1. The van der Waals surface area contributed by atoms with Crippen LogP contribution in [-0.2, 0) is 4.79 Å². The number of carboxylic acid groups (broad SMARTS) is 1. The highest BCUT2D eigenvalue weighted by molar-refractivity contribution is 9.10. The molecule has 4 rings (SSSR count). The molecular weight excluding hydrogens is 392 g/mol. The zero-order chi connectivity index (χ0) is 18.1. The van der Waals surface area contributed by atoms with Gasteiger partial charge in [0.25, 0.3) is 0 Å². The molecule has 5 heteroatoms. The molecule has 1 saturated heterocycles. The van der Waals surface area contributed by atoms with Crippen molar-refractivity contribution in [3.63, 3.8) is 0 Å². The van der Waals surface area contributed by atoms with E-state index in [1.54, 1.807) is 0 Å². The van der Waals surface area contributed by atoms with Gasteiger partial charge in [-0.15, -0.1) is 0 Å². The highest BCUT2D eigenvalue weighted by Crippen LogP contribution is 2.37. The Bertz CT molecular complexity index is 937. The lowest BCUT2D eigenvalue weighted by Crippen LogP contribution is -2.39. The van der Waals surface area contributed by atoms with E-state index in [1.807, 2.05) is 42.6 Å². The zero-order valence-corrected chi connectivity index (χ0v) is 15.8. The summed E-state index contributed by atoms with van der Waals surface area (Å²) in [5, 5.41) is 10.8. The summed E-state index contributed by atoms with van der Waals surface area (Å²) in [6.07, 6.45) is 3.40. The van der Waals surface area contributed by atoms with Gasteiger partial charge >= 0.3 is 5.97 Å². The van der Waals surface area contributed by atoms with Crippen molar-refractivity contribution in [3.8, 4) is 0 Å². The molecule has 3 aromatic rings. The maximum Gasteiger partial charge on any atom is 0.320 e. The number of fused-ring (bicyclic) bond motifs is 1. The molecule has 1 aliphatic heterocycles. The number of carbonyl (C=O) groups is 1. The predicted octanol–water partition coefficient (Wildman–Crippen LogP) is 4.64. The Morgan fingerprint density at radius 3 is 2.69 bits per heavy atom. The Morgan fingerprint density at radius 2 is 1.92 bits per heavy atom. The van der Waals surface area contributed by atoms with Gasteiger partial charge in [-0.05, 0) is 48.2 Å². The van der Waals surface area contributed by atoms with E-state index >= 15 is 0 Å². The second kappa shape index (κ2) is 7.17. The lowest BCUT2D eigenvalue weighted by Gasteiger charge is -2.32. The van der Waals surface area contributed by atoms with E-state index in [9.17, 15) is 9.90 Å². The van der Waals surface area contributed by atoms with Crippen molar-refractivity contribution in [1.29, 1.82) is 0 Å². The van der Waals surface area contributed by atoms with Crippen LogP contribution in [0.25, 0.3) is 10.9 Å². The van der Waals surface area contributed by atoms with Gasteiger partial charge in [0.1, 0.15) is 6.04 Å². The SMILES string of the molecule is O=C(O)C1CCCN1C(c1ccc(Br)cc1)c1ccnc2ccccc12. The molecule has 4 nitrogen and oxygen atoms in total. The largest absolute Gasteiger partial charge is 0.480 e. The summed E-state index contributed by atoms with van der Waals surface area (Å²) in [6, 6.07) is 17.7. The number of carboxylic acids is 1. The van der Waals surface area contributed by atoms with Crippen molar-refractivity contribution in [2.75, 3.05) is 6.54 Å². The molecule has 1 fully saturated rings. The van der Waals surface area contributed by atoms with Crippen LogP contribution in [0.3, 0.4) is 0 Å². The van der Waals surface area contributed by atoms with Crippen LogP contribution in [0.5, 0.6) is 0 Å². The third-order valence-corrected chi connectivity index (χ3v) is 5.60. The monoisotopic (exact) mass is 410 g/mol. The molecule has 26 heavy (non-hydrogen) atoms. The molecule has 1 aromatic heterocycles. The van der Waals surface area contributed by atoms with Gasteiger partial charge < -0.3 is 5.11 Å². The van der Waals surface area contributed by atoms with Gasteiger partial charge in [-0.3, -0.25) is 14.7 Å². The van der Waals surface area contributed by atoms with Gasteiger partial charge in [0, 0.05) is 22.6 Å². The van der Waals surface area contributed by atoms with E-state index in [0.29, 0.717) is 6.42 Å². The molecule has 0 saturated carbocycles. The number of rotatable bonds is 4. The number of benzene rings is 2. The Morgan fingerprint density at radius 1 is 1.15 bits per heavy atom. The minimum absolute atomic E-state index is 0.111. The highest BCUT2D eigenvalue weighted by atomic mass is 79.9. The summed E-state index contributed by atoms with van der Waals surface area (Å²) in [6.45, 7) is 0.772. The summed E-state index contributed by atoms with van der Waals surface area (Å²) in [5.74, 6) is -0.747. The third-order valence-electron chi connectivity index (χ3n) is 5.07. The average Bonchev–Trinajstić information content (AvgIpc) is 3.13. The molecular formula is C21H19BrN2O2. The number of halogens is 1. The highest BCUT2D eigenvalue weighted by Gasteiger charge is 2.37. The summed E-state index contributed by atoms with van der Waals surface area (Å²) in [5.41, 5.74) is 3.13. The molecule has 0 radical (unpaired) electrons. The van der Waals surface area contributed by atoms with Crippen molar-refractivity contribution >= 4 is 32.8 Å². The molecule has 2 atom stereocenters. The minimum Gasteiger partial charge on any atom is -0.480 e. The topological polar surface area (TPSA) is 53.4 Å². The molecule has 2 aromatic carbocycles. The van der Waals surface area contributed by atoms with Crippen LogP contribution in [-0.4, -0.2) is 33.5 Å². The Kier molecular flexibility index (Phi) is 4.74. The fraction of sp³-hybridized carbons (Fsp3) is 0.238. The van der Waals surface area contributed by atoms with Crippen LogP contribution < -0.4 is 0 Å². The first-order chi connectivity index (χ1) is 12.6. The van der Waals surface area contributed by atoms with E-state index in [0.717, 1.165) is 39.5 Å². The molecule has 0 bridgehead atoms. The molecule has 1 N–H and O–H groups in total. The van der Waals surface area contributed by atoms with Gasteiger partial charge in [-0.2, -0.15) is 0 Å². The Balaban J connectivity index is 1.90. The molecule has 0 amide bonds. The van der Waals surface area contributed by atoms with Gasteiger partial charge in [-0.1, -0.05) is 46.3 Å². The van der Waals surface area contributed by atoms with E-state index in [2.05, 4.69) is 44.0 Å². The number of pyridine rings is 1. The van der Waals surface area contributed by atoms with Gasteiger partial charge in [0.15, 0.2) is 0 Å². The van der Waals surface area contributed by atoms with Gasteiger partial charge in [0.2, 0.25) is 0 Å². The first kappa shape index (κ1) is 17.2. The fourth-order valence-corrected chi connectivity index (χ4v) is 4.18. The molecule has 1 aliphatic rings. The Hall–Kier alpha value is -2.24. The molecule has 2 unspecified atom stereocenters. The normalized spacial score (nSPS) is 18.9. The summed E-state index contributed by atoms with van der Waals surface area (Å²) >= 11 is 3.49. The number of aromatic nitrogens is 1. The van der Waals surface area contributed by atoms with Crippen molar-refractivity contribution in [2.45, 2.75) is 24.9 Å². The van der Waals surface area contributed by atoms with Crippen molar-refractivity contribution in [1.82, 2.24) is 9.88 Å². The first-order valence-corrected chi connectivity index (χ1v) is 9.52. The number of hydrogen-bond donors (Lipinski definition) is 1. The van der Waals surface area contributed by atoms with Crippen LogP contribution >= 0.6 is 15.9 Å². The van der Waals surface area contributed by atoms with Crippen LogP contribution in [0.1, 0.15) is 30.0 Å². The maximum absolute atomic E-state index is 11.8. The summed E-state index contributed by atoms with van der Waals surface area (Å²) < 4.78 is 1.01. The number of hydrogen-bond acceptors (Lipinski definition) is 3. The summed E-state index contributed by atoms with van der Waals surface area (Å²) in [7, 11) is 0. The molecule has 0 aliphatic carbocycles. The van der Waals surface area contributed by atoms with Crippen LogP contribution in [0.2, 0.25) is 0 Å². The van der Waals surface area contributed by atoms with Gasteiger partial charge in [-0.25, -0.2) is 0 Å². The van der Waals surface area contributed by atoms with Crippen molar-refractivity contribution in [2.24, 2.45) is 0 Å². The van der Waals surface area contributed by atoms with Crippen molar-refractivity contribution < 1.29 is 9.90 Å². The number of aliphatic carboxylic acids is 1. The summed E-state index contributed by atoms with van der Waals surface area (Å²) in [4.78, 5) is 18.4. The van der Waals surface area contributed by atoms with Crippen LogP contribution in [0, 0.1) is 0 Å². The standard InChI is InChI=1S/C21H19BrN2O2/c22-15-9-7-14(8-10-15)20(24-13-3-6-19(24)21(25)26)17-11-12-23-18-5-2-1-4-16(17)18/h1-2,4-5,7-12,19-20H,3,6,13H2,(H,25,26). The number of nitrogens with zero attached hydrogens (tertiary/aromatic N) is 2. The minimum atomic E-state index is -0.747. The van der Waals surface area contributed by atoms with E-state index in [1.165, 1.54) is 0 Å². The van der Waals surface area contributed by atoms with Crippen molar-refractivity contribution in [3.05, 3.63) is 76.4 Å². The molecule has 0 spiro atoms. The average molecular weight is 411 g/mol. The quantitative estimate of drug-likeness (QED) is 0.680. The van der Waals surface area contributed by atoms with Crippen LogP contribution in [0.15, 0.2) is 65.3 Å². The smallest absolute Gasteiger partial charge is 0.320 e.